The third-order valence-corrected chi connectivity index (χ3v) is 14.4. The molecule has 3 aliphatic heterocycles. The second-order valence-electron chi connectivity index (χ2n) is 15.5. The van der Waals surface area contributed by atoms with E-state index in [0.717, 1.165) is 15.6 Å². The summed E-state index contributed by atoms with van der Waals surface area (Å²) in [4.78, 5) is 60.2. The van der Waals surface area contributed by atoms with Gasteiger partial charge in [0, 0.05) is 40.3 Å². The highest BCUT2D eigenvalue weighted by atomic mass is 79.9. The van der Waals surface area contributed by atoms with E-state index in [1.54, 1.807) is 26.8 Å². The van der Waals surface area contributed by atoms with Crippen LogP contribution in [0.2, 0.25) is 18.6 Å². The molecule has 4 atom stereocenters. The first kappa shape index (κ1) is 38.7. The summed E-state index contributed by atoms with van der Waals surface area (Å²) >= 11 is 3.63. The SMILES string of the molecule is C[C@H]1[C@H]([Si](C)(C)O)[C@@H](CC(=O)N(CCO)Cc2ccccc2)O[C@]12C(=O)N(Cc1cccc(N3C(=O)c4ccccc4Oc4ccccc43)c1)c1ccc(Br)cc12. The van der Waals surface area contributed by atoms with E-state index < -0.39 is 31.5 Å². The molecule has 0 aliphatic carbocycles. The van der Waals surface area contributed by atoms with E-state index in [2.05, 4.69) is 15.9 Å². The van der Waals surface area contributed by atoms with Gasteiger partial charge in [0.2, 0.25) is 5.91 Å². The summed E-state index contributed by atoms with van der Waals surface area (Å²) < 4.78 is 14.0. The molecule has 10 nitrogen and oxygen atoms in total. The zero-order valence-corrected chi connectivity index (χ0v) is 34.6. The van der Waals surface area contributed by atoms with Crippen molar-refractivity contribution in [2.24, 2.45) is 5.92 Å². The second-order valence-corrected chi connectivity index (χ2v) is 20.4. The van der Waals surface area contributed by atoms with Gasteiger partial charge in [0.05, 0.1) is 42.6 Å². The summed E-state index contributed by atoms with van der Waals surface area (Å²) in [6.45, 7) is 6.04. The Bertz CT molecular complexity index is 2350. The number of benzene rings is 5. The number of ether oxygens (including phenoxy) is 2. The number of anilines is 3. The molecule has 2 N–H and O–H groups in total. The molecule has 0 unspecified atom stereocenters. The molecule has 292 valence electrons. The van der Waals surface area contributed by atoms with Crippen molar-refractivity contribution < 1.29 is 33.8 Å². The minimum absolute atomic E-state index is 0.0581. The van der Waals surface area contributed by atoms with Gasteiger partial charge >= 0.3 is 0 Å². The Hall–Kier alpha value is -5.11. The summed E-state index contributed by atoms with van der Waals surface area (Å²) in [5.41, 5.74) is 2.76. The summed E-state index contributed by atoms with van der Waals surface area (Å²) in [7, 11) is -3.07. The largest absolute Gasteiger partial charge is 0.454 e. The molecule has 3 heterocycles. The van der Waals surface area contributed by atoms with Gasteiger partial charge in [0.25, 0.3) is 11.8 Å². The molecule has 3 amide bonds. The van der Waals surface area contributed by atoms with Crippen LogP contribution in [0.3, 0.4) is 0 Å². The predicted octanol–water partition coefficient (Wildman–Crippen LogP) is 8.29. The normalized spacial score (nSPS) is 21.2. The molecular weight excluding hydrogens is 802 g/mol. The van der Waals surface area contributed by atoms with E-state index in [4.69, 9.17) is 9.47 Å². The fraction of sp³-hybridized carbons (Fsp3) is 0.267. The molecule has 8 rings (SSSR count). The molecule has 0 bridgehead atoms. The average Bonchev–Trinajstić information content (AvgIpc) is 3.56. The third-order valence-electron chi connectivity index (χ3n) is 11.4. The molecule has 1 fully saturated rings. The first-order valence-corrected chi connectivity index (χ1v) is 23.0. The molecular formula is C45H44BrN3O7Si. The number of nitrogens with zero attached hydrogens (tertiary/aromatic N) is 3. The lowest BCUT2D eigenvalue weighted by atomic mass is 9.82. The standard InChI is InChI=1S/C45H44BrN3O7Si/c1-29-42(57(2,3)54)40(26-41(51)47(22-23-50)27-30-12-5-4-6-13-30)56-45(29)35-25-32(46)20-21-36(35)48(44(45)53)28-31-14-11-15-33(24-31)49-37-17-8-10-19-39(37)55-38-18-9-7-16-34(38)43(49)52/h4-21,24-25,29,40,42,50,54H,22-23,26-28H2,1-3H3/t29-,40+,42-,45+/m0/s1. The minimum Gasteiger partial charge on any atom is -0.454 e. The molecule has 1 spiro atoms. The summed E-state index contributed by atoms with van der Waals surface area (Å²) in [5.74, 6) is -0.207. The topological polar surface area (TPSA) is 120 Å². The number of fused-ring (bicyclic) bond motifs is 4. The second kappa shape index (κ2) is 15.3. The molecule has 5 aromatic carbocycles. The lowest BCUT2D eigenvalue weighted by Gasteiger charge is -2.32. The van der Waals surface area contributed by atoms with E-state index in [1.807, 2.05) is 129 Å². The zero-order chi connectivity index (χ0) is 40.1. The van der Waals surface area contributed by atoms with Crippen molar-refractivity contribution >= 4 is 59.0 Å². The molecule has 0 radical (unpaired) electrons. The van der Waals surface area contributed by atoms with Gasteiger partial charge in [-0.2, -0.15) is 0 Å². The van der Waals surface area contributed by atoms with Crippen LogP contribution in [0.15, 0.2) is 126 Å². The molecule has 3 aliphatic rings. The van der Waals surface area contributed by atoms with Crippen molar-refractivity contribution in [1.29, 1.82) is 0 Å². The van der Waals surface area contributed by atoms with Crippen LogP contribution in [0.25, 0.3) is 0 Å². The van der Waals surface area contributed by atoms with Gasteiger partial charge < -0.3 is 29.2 Å². The number of halogens is 1. The van der Waals surface area contributed by atoms with Crippen LogP contribution in [-0.2, 0) is 33.0 Å². The fourth-order valence-corrected chi connectivity index (χ4v) is 11.9. The molecule has 1 saturated heterocycles. The zero-order valence-electron chi connectivity index (χ0n) is 32.0. The Morgan fingerprint density at radius 1 is 0.860 bits per heavy atom. The summed E-state index contributed by atoms with van der Waals surface area (Å²) in [6.07, 6.45) is -0.813. The first-order valence-electron chi connectivity index (χ1n) is 19.1. The quantitative estimate of drug-likeness (QED) is 0.136. The van der Waals surface area contributed by atoms with Crippen molar-refractivity contribution in [2.45, 2.75) is 56.8 Å². The van der Waals surface area contributed by atoms with Crippen LogP contribution in [0.1, 0.15) is 40.4 Å². The molecule has 0 saturated carbocycles. The average molecular weight is 847 g/mol. The number of carbonyl (C=O) groups is 3. The van der Waals surface area contributed by atoms with Gasteiger partial charge in [-0.05, 0) is 78.8 Å². The molecule has 5 aromatic rings. The Labute approximate surface area is 341 Å². The van der Waals surface area contributed by atoms with Gasteiger partial charge in [-0.1, -0.05) is 89.6 Å². The maximum atomic E-state index is 15.2. The highest BCUT2D eigenvalue weighted by Crippen LogP contribution is 2.60. The Morgan fingerprint density at radius 3 is 2.32 bits per heavy atom. The van der Waals surface area contributed by atoms with Crippen molar-refractivity contribution in [3.63, 3.8) is 0 Å². The Kier molecular flexibility index (Phi) is 10.4. The van der Waals surface area contributed by atoms with Crippen LogP contribution in [0.5, 0.6) is 11.5 Å². The number of aliphatic hydroxyl groups excluding tert-OH is 1. The first-order chi connectivity index (χ1) is 27.4. The van der Waals surface area contributed by atoms with E-state index in [0.29, 0.717) is 46.2 Å². The molecule has 0 aromatic heterocycles. The van der Waals surface area contributed by atoms with E-state index in [9.17, 15) is 19.5 Å². The lowest BCUT2D eigenvalue weighted by molar-refractivity contribution is -0.150. The monoisotopic (exact) mass is 845 g/mol. The van der Waals surface area contributed by atoms with Gasteiger partial charge in [-0.3, -0.25) is 19.3 Å². The van der Waals surface area contributed by atoms with Crippen molar-refractivity contribution in [3.05, 3.63) is 148 Å². The Morgan fingerprint density at radius 2 is 1.56 bits per heavy atom. The van der Waals surface area contributed by atoms with Crippen molar-refractivity contribution in [3.8, 4) is 11.5 Å². The van der Waals surface area contributed by atoms with Crippen LogP contribution < -0.4 is 14.5 Å². The summed E-state index contributed by atoms with van der Waals surface area (Å²) in [5, 5.41) is 9.90. The third kappa shape index (κ3) is 6.99. The van der Waals surface area contributed by atoms with Crippen molar-refractivity contribution in [2.75, 3.05) is 23.0 Å². The highest BCUT2D eigenvalue weighted by Gasteiger charge is 2.66. The van der Waals surface area contributed by atoms with Crippen molar-refractivity contribution in [1.82, 2.24) is 4.90 Å². The Balaban J connectivity index is 1.13. The van der Waals surface area contributed by atoms with Gasteiger partial charge in [-0.25, -0.2) is 0 Å². The number of para-hydroxylation sites is 3. The lowest BCUT2D eigenvalue weighted by Crippen LogP contribution is -2.46. The van der Waals surface area contributed by atoms with E-state index in [1.165, 1.54) is 0 Å². The molecule has 57 heavy (non-hydrogen) atoms. The van der Waals surface area contributed by atoms with Crippen LogP contribution in [0, 0.1) is 5.92 Å². The van der Waals surface area contributed by atoms with Crippen LogP contribution in [-0.4, -0.2) is 60.1 Å². The number of carbonyl (C=O) groups excluding carboxylic acids is 3. The number of amides is 3. The van der Waals surface area contributed by atoms with E-state index in [-0.39, 0.29) is 43.8 Å². The smallest absolute Gasteiger partial charge is 0.266 e. The van der Waals surface area contributed by atoms with E-state index >= 15 is 4.79 Å². The number of aliphatic hydroxyl groups is 1. The number of hydrogen-bond donors (Lipinski definition) is 2. The number of rotatable bonds is 10. The maximum Gasteiger partial charge on any atom is 0.266 e. The predicted molar refractivity (Wildman–Crippen MR) is 224 cm³/mol. The minimum atomic E-state index is -3.07. The van der Waals surface area contributed by atoms with Crippen LogP contribution in [0.4, 0.5) is 17.1 Å². The fourth-order valence-electron chi connectivity index (χ4n) is 8.97. The summed E-state index contributed by atoms with van der Waals surface area (Å²) in [6, 6.07) is 37.4. The van der Waals surface area contributed by atoms with Crippen LogP contribution >= 0.6 is 15.9 Å². The van der Waals surface area contributed by atoms with Gasteiger partial charge in [0.1, 0.15) is 5.75 Å². The highest BCUT2D eigenvalue weighted by molar-refractivity contribution is 9.10. The van der Waals surface area contributed by atoms with Gasteiger partial charge in [0.15, 0.2) is 19.7 Å². The number of hydrogen-bond acceptors (Lipinski definition) is 7. The molecule has 12 heteroatoms. The van der Waals surface area contributed by atoms with Gasteiger partial charge in [-0.15, -0.1) is 0 Å². The maximum absolute atomic E-state index is 15.2.